The van der Waals surface area contributed by atoms with E-state index in [0.717, 1.165) is 25.8 Å². The molecule has 0 aromatic heterocycles. The fraction of sp³-hybridized carbons (Fsp3) is 0.500. The normalized spacial score (nSPS) is 23.6. The molecule has 17 heavy (non-hydrogen) atoms. The minimum absolute atomic E-state index is 0.0505. The van der Waals surface area contributed by atoms with Crippen molar-refractivity contribution in [1.29, 1.82) is 0 Å². The van der Waals surface area contributed by atoms with Gasteiger partial charge in [-0.2, -0.15) is 0 Å². The summed E-state index contributed by atoms with van der Waals surface area (Å²) >= 11 is 0. The molecular weight excluding hydrogens is 212 g/mol. The van der Waals surface area contributed by atoms with Gasteiger partial charge in [-0.25, -0.2) is 0 Å². The maximum Gasteiger partial charge on any atom is 0.237 e. The van der Waals surface area contributed by atoms with Crippen LogP contribution in [-0.4, -0.2) is 18.0 Å². The Labute approximate surface area is 102 Å². The standard InChI is InChI=1S/C14H18N2O/c17-14(16-12-6-3-7-12)13-8-10-4-1-2-5-11(10)9-15-13/h1-2,4-5,12-13,15H,3,6-9H2,(H,16,17)/t13-/m1/s1. The molecule has 2 N–H and O–H groups in total. The molecule has 1 amide bonds. The van der Waals surface area contributed by atoms with Crippen LogP contribution in [0.3, 0.4) is 0 Å². The Morgan fingerprint density at radius 3 is 2.71 bits per heavy atom. The Hall–Kier alpha value is -1.35. The van der Waals surface area contributed by atoms with E-state index < -0.39 is 0 Å². The Bertz CT molecular complexity index is 426. The molecule has 1 aromatic rings. The van der Waals surface area contributed by atoms with Gasteiger partial charge >= 0.3 is 0 Å². The van der Waals surface area contributed by atoms with Crippen molar-refractivity contribution in [3.05, 3.63) is 35.4 Å². The topological polar surface area (TPSA) is 41.1 Å². The van der Waals surface area contributed by atoms with E-state index in [1.165, 1.54) is 17.5 Å². The molecule has 1 fully saturated rings. The van der Waals surface area contributed by atoms with E-state index in [-0.39, 0.29) is 11.9 Å². The summed E-state index contributed by atoms with van der Waals surface area (Å²) in [6, 6.07) is 8.73. The molecule has 0 unspecified atom stereocenters. The molecule has 0 radical (unpaired) electrons. The average Bonchev–Trinajstić information content (AvgIpc) is 2.33. The van der Waals surface area contributed by atoms with Gasteiger partial charge in [0.1, 0.15) is 0 Å². The lowest BCUT2D eigenvalue weighted by atomic mass is 9.91. The highest BCUT2D eigenvalue weighted by Crippen LogP contribution is 2.20. The zero-order valence-electron chi connectivity index (χ0n) is 9.91. The van der Waals surface area contributed by atoms with Gasteiger partial charge in [-0.1, -0.05) is 24.3 Å². The lowest BCUT2D eigenvalue weighted by Crippen LogP contribution is -2.51. The second-order valence-corrected chi connectivity index (χ2v) is 5.04. The minimum Gasteiger partial charge on any atom is -0.352 e. The first-order valence-electron chi connectivity index (χ1n) is 6.43. The second kappa shape index (κ2) is 4.49. The summed E-state index contributed by atoms with van der Waals surface area (Å²) in [6.07, 6.45) is 4.37. The lowest BCUT2D eigenvalue weighted by molar-refractivity contribution is -0.124. The maximum atomic E-state index is 12.0. The van der Waals surface area contributed by atoms with Crippen LogP contribution in [0, 0.1) is 0 Å². The number of hydrogen-bond acceptors (Lipinski definition) is 2. The van der Waals surface area contributed by atoms with Crippen molar-refractivity contribution in [3.63, 3.8) is 0 Å². The summed E-state index contributed by atoms with van der Waals surface area (Å²) in [4.78, 5) is 12.0. The van der Waals surface area contributed by atoms with Crippen molar-refractivity contribution in [2.75, 3.05) is 0 Å². The first-order valence-corrected chi connectivity index (χ1v) is 6.43. The highest BCUT2D eigenvalue weighted by Gasteiger charge is 2.27. The molecule has 1 saturated carbocycles. The Morgan fingerprint density at radius 2 is 2.00 bits per heavy atom. The SMILES string of the molecule is O=C(NC1CCC1)[C@H]1Cc2ccccc2CN1. The van der Waals surface area contributed by atoms with Gasteiger partial charge in [-0.3, -0.25) is 4.79 Å². The number of rotatable bonds is 2. The largest absolute Gasteiger partial charge is 0.352 e. The van der Waals surface area contributed by atoms with Crippen LogP contribution < -0.4 is 10.6 Å². The number of carbonyl (C=O) groups excluding carboxylic acids is 1. The Kier molecular flexibility index (Phi) is 2.85. The van der Waals surface area contributed by atoms with Crippen LogP contribution in [0.15, 0.2) is 24.3 Å². The summed E-state index contributed by atoms with van der Waals surface area (Å²) < 4.78 is 0. The van der Waals surface area contributed by atoms with Crippen LogP contribution >= 0.6 is 0 Å². The molecule has 0 bridgehead atoms. The fourth-order valence-corrected chi connectivity index (χ4v) is 2.49. The highest BCUT2D eigenvalue weighted by atomic mass is 16.2. The quantitative estimate of drug-likeness (QED) is 0.805. The molecule has 90 valence electrons. The number of hydrogen-bond donors (Lipinski definition) is 2. The number of carbonyl (C=O) groups is 1. The average molecular weight is 230 g/mol. The van der Waals surface area contributed by atoms with Crippen LogP contribution in [0.5, 0.6) is 0 Å². The summed E-state index contributed by atoms with van der Waals surface area (Å²) in [7, 11) is 0. The molecule has 2 aliphatic rings. The van der Waals surface area contributed by atoms with Gasteiger partial charge in [0.05, 0.1) is 6.04 Å². The number of fused-ring (bicyclic) bond motifs is 1. The van der Waals surface area contributed by atoms with Gasteiger partial charge in [-0.05, 0) is 36.8 Å². The van der Waals surface area contributed by atoms with Crippen molar-refractivity contribution in [3.8, 4) is 0 Å². The summed E-state index contributed by atoms with van der Waals surface area (Å²) in [5, 5.41) is 6.43. The minimum atomic E-state index is -0.0505. The zero-order chi connectivity index (χ0) is 11.7. The highest BCUT2D eigenvalue weighted by molar-refractivity contribution is 5.82. The molecule has 3 rings (SSSR count). The zero-order valence-corrected chi connectivity index (χ0v) is 9.91. The molecule has 1 atom stereocenters. The van der Waals surface area contributed by atoms with Crippen LogP contribution in [0.25, 0.3) is 0 Å². The van der Waals surface area contributed by atoms with Crippen molar-refractivity contribution >= 4 is 5.91 Å². The summed E-state index contributed by atoms with van der Waals surface area (Å²) in [5.74, 6) is 0.171. The molecule has 1 aliphatic heterocycles. The molecule has 0 saturated heterocycles. The van der Waals surface area contributed by atoms with Crippen molar-refractivity contribution in [2.24, 2.45) is 0 Å². The predicted octanol–water partition coefficient (Wildman–Crippen LogP) is 1.37. The monoisotopic (exact) mass is 230 g/mol. The van der Waals surface area contributed by atoms with Gasteiger partial charge in [0.25, 0.3) is 0 Å². The van der Waals surface area contributed by atoms with E-state index >= 15 is 0 Å². The van der Waals surface area contributed by atoms with Gasteiger partial charge in [0.15, 0.2) is 0 Å². The fourth-order valence-electron chi connectivity index (χ4n) is 2.49. The number of nitrogens with one attached hydrogen (secondary N) is 2. The van der Waals surface area contributed by atoms with Gasteiger partial charge in [0, 0.05) is 12.6 Å². The number of benzene rings is 1. The third-order valence-corrected chi connectivity index (χ3v) is 3.85. The van der Waals surface area contributed by atoms with Crippen molar-refractivity contribution in [1.82, 2.24) is 10.6 Å². The second-order valence-electron chi connectivity index (χ2n) is 5.04. The molecular formula is C14H18N2O. The van der Waals surface area contributed by atoms with Crippen molar-refractivity contribution in [2.45, 2.75) is 44.3 Å². The Morgan fingerprint density at radius 1 is 1.24 bits per heavy atom. The van der Waals surface area contributed by atoms with Crippen molar-refractivity contribution < 1.29 is 4.79 Å². The van der Waals surface area contributed by atoms with Crippen LogP contribution in [0.2, 0.25) is 0 Å². The van der Waals surface area contributed by atoms with Gasteiger partial charge < -0.3 is 10.6 Å². The molecule has 1 heterocycles. The summed E-state index contributed by atoms with van der Waals surface area (Å²) in [5.41, 5.74) is 2.63. The van der Waals surface area contributed by atoms with Crippen LogP contribution in [-0.2, 0) is 17.8 Å². The lowest BCUT2D eigenvalue weighted by Gasteiger charge is -2.31. The molecule has 1 aromatic carbocycles. The van der Waals surface area contributed by atoms with Gasteiger partial charge in [0.2, 0.25) is 5.91 Å². The van der Waals surface area contributed by atoms with Gasteiger partial charge in [-0.15, -0.1) is 0 Å². The van der Waals surface area contributed by atoms with E-state index in [0.29, 0.717) is 6.04 Å². The first kappa shape index (κ1) is 10.8. The van der Waals surface area contributed by atoms with E-state index in [1.807, 2.05) is 6.07 Å². The third-order valence-electron chi connectivity index (χ3n) is 3.85. The molecule has 3 nitrogen and oxygen atoms in total. The molecule has 0 spiro atoms. The first-order chi connectivity index (χ1) is 8.33. The third kappa shape index (κ3) is 2.20. The van der Waals surface area contributed by atoms with Crippen LogP contribution in [0.1, 0.15) is 30.4 Å². The van der Waals surface area contributed by atoms with Crippen LogP contribution in [0.4, 0.5) is 0 Å². The smallest absolute Gasteiger partial charge is 0.237 e. The van der Waals surface area contributed by atoms with E-state index in [4.69, 9.17) is 0 Å². The Balaban J connectivity index is 1.64. The predicted molar refractivity (Wildman–Crippen MR) is 66.6 cm³/mol. The number of amides is 1. The molecule has 3 heteroatoms. The van der Waals surface area contributed by atoms with E-state index in [9.17, 15) is 4.79 Å². The maximum absolute atomic E-state index is 12.0. The summed E-state index contributed by atoms with van der Waals surface area (Å²) in [6.45, 7) is 0.804. The molecule has 1 aliphatic carbocycles. The van der Waals surface area contributed by atoms with E-state index in [1.54, 1.807) is 0 Å². The van der Waals surface area contributed by atoms with E-state index in [2.05, 4.69) is 28.8 Å².